The first kappa shape index (κ1) is 21.4. The third-order valence-corrected chi connectivity index (χ3v) is 5.47. The zero-order chi connectivity index (χ0) is 23.1. The Morgan fingerprint density at radius 3 is 2.28 bits per heavy atom. The molecule has 0 radical (unpaired) electrons. The molecule has 6 heteroatoms. The van der Waals surface area contributed by atoms with Crippen molar-refractivity contribution in [3.8, 4) is 0 Å². The van der Waals surface area contributed by atoms with Crippen molar-refractivity contribution < 1.29 is 23.9 Å². The van der Waals surface area contributed by atoms with Crippen LogP contribution in [-0.2, 0) is 31.0 Å². The second-order valence-electron chi connectivity index (χ2n) is 8.86. The van der Waals surface area contributed by atoms with E-state index in [4.69, 9.17) is 4.74 Å². The molecule has 32 heavy (non-hydrogen) atoms. The molecule has 0 bridgehead atoms. The van der Waals surface area contributed by atoms with E-state index < -0.39 is 28.8 Å². The normalized spacial score (nSPS) is 20.3. The molecule has 6 nitrogen and oxygen atoms in total. The minimum absolute atomic E-state index is 0.0531. The number of anilines is 1. The number of carbonyl (C=O) groups excluding carboxylic acids is 4. The van der Waals surface area contributed by atoms with E-state index in [1.54, 1.807) is 45.0 Å². The van der Waals surface area contributed by atoms with Crippen molar-refractivity contribution in [2.24, 2.45) is 0 Å². The Balaban J connectivity index is 1.95. The lowest BCUT2D eigenvalue weighted by molar-refractivity contribution is -0.124. The molecule has 1 aliphatic carbocycles. The van der Waals surface area contributed by atoms with Gasteiger partial charge in [0.25, 0.3) is 5.91 Å². The van der Waals surface area contributed by atoms with Crippen LogP contribution in [0, 0.1) is 0 Å². The number of rotatable bonds is 3. The third kappa shape index (κ3) is 3.58. The van der Waals surface area contributed by atoms with E-state index in [9.17, 15) is 19.2 Å². The van der Waals surface area contributed by atoms with E-state index in [0.29, 0.717) is 11.3 Å². The second-order valence-corrected chi connectivity index (χ2v) is 8.86. The maximum Gasteiger partial charge on any atom is 0.421 e. The van der Waals surface area contributed by atoms with Gasteiger partial charge in [-0.1, -0.05) is 48.5 Å². The molecule has 2 aliphatic rings. The van der Waals surface area contributed by atoms with Gasteiger partial charge in [-0.25, -0.2) is 9.69 Å². The summed E-state index contributed by atoms with van der Waals surface area (Å²) in [5.41, 5.74) is -0.683. The molecule has 0 spiro atoms. The molecular weight excluding hydrogens is 406 g/mol. The molecule has 0 saturated heterocycles. The van der Waals surface area contributed by atoms with Crippen LogP contribution in [0.3, 0.4) is 0 Å². The minimum atomic E-state index is -1.54. The van der Waals surface area contributed by atoms with E-state index in [1.807, 2.05) is 30.3 Å². The zero-order valence-electron chi connectivity index (χ0n) is 18.1. The Morgan fingerprint density at radius 1 is 0.938 bits per heavy atom. The molecule has 0 N–H and O–H groups in total. The fraction of sp³-hybridized carbons (Fsp3) is 0.231. The van der Waals surface area contributed by atoms with Crippen molar-refractivity contribution in [1.82, 2.24) is 0 Å². The standard InChI is InChI=1S/C26H23NO5/c1-25(2,3)32-24(31)27-21-12-8-7-11-19(21)26(23(27)30,16-17-9-5-4-6-10-17)20-15-18(28)13-14-22(20)29/h4-15H,16H2,1-3H3. The molecule has 1 heterocycles. The Kier molecular flexibility index (Phi) is 5.17. The number of carbonyl (C=O) groups is 4. The smallest absolute Gasteiger partial charge is 0.421 e. The molecule has 0 fully saturated rings. The number of hydrogen-bond donors (Lipinski definition) is 0. The number of para-hydroxylation sites is 1. The highest BCUT2D eigenvalue weighted by Gasteiger charge is 2.57. The zero-order valence-corrected chi connectivity index (χ0v) is 18.1. The van der Waals surface area contributed by atoms with Gasteiger partial charge in [-0.15, -0.1) is 0 Å². The molecule has 162 valence electrons. The van der Waals surface area contributed by atoms with Crippen LogP contribution in [0.4, 0.5) is 10.5 Å². The van der Waals surface area contributed by atoms with Crippen LogP contribution in [0.2, 0.25) is 0 Å². The Morgan fingerprint density at radius 2 is 1.59 bits per heavy atom. The quantitative estimate of drug-likeness (QED) is 0.687. The van der Waals surface area contributed by atoms with Crippen LogP contribution in [-0.4, -0.2) is 29.2 Å². The second kappa shape index (κ2) is 7.71. The summed E-state index contributed by atoms with van der Waals surface area (Å²) in [4.78, 5) is 53.4. The van der Waals surface area contributed by atoms with Gasteiger partial charge in [0.2, 0.25) is 0 Å². The Bertz CT molecular complexity index is 1190. The average molecular weight is 429 g/mol. The number of allylic oxidation sites excluding steroid dienone is 3. The summed E-state index contributed by atoms with van der Waals surface area (Å²) in [6.45, 7) is 5.14. The number of fused-ring (bicyclic) bond motifs is 1. The average Bonchev–Trinajstić information content (AvgIpc) is 2.98. The summed E-state index contributed by atoms with van der Waals surface area (Å²) >= 11 is 0. The van der Waals surface area contributed by atoms with E-state index in [1.165, 1.54) is 18.2 Å². The molecular formula is C26H23NO5. The number of ketones is 2. The first-order chi connectivity index (χ1) is 15.1. The summed E-state index contributed by atoms with van der Waals surface area (Å²) in [6, 6.07) is 16.0. The molecule has 2 amide bonds. The number of benzene rings is 2. The van der Waals surface area contributed by atoms with Crippen molar-refractivity contribution in [3.05, 3.63) is 89.5 Å². The topological polar surface area (TPSA) is 80.8 Å². The lowest BCUT2D eigenvalue weighted by atomic mass is 9.68. The maximum atomic E-state index is 14.1. The highest BCUT2D eigenvalue weighted by molar-refractivity contribution is 6.29. The summed E-state index contributed by atoms with van der Waals surface area (Å²) < 4.78 is 5.51. The monoisotopic (exact) mass is 429 g/mol. The summed E-state index contributed by atoms with van der Waals surface area (Å²) in [5.74, 6) is -1.43. The van der Waals surface area contributed by atoms with Crippen molar-refractivity contribution in [2.75, 3.05) is 4.90 Å². The van der Waals surface area contributed by atoms with E-state index in [2.05, 4.69) is 0 Å². The van der Waals surface area contributed by atoms with Gasteiger partial charge in [-0.05, 0) is 62.6 Å². The van der Waals surface area contributed by atoms with Gasteiger partial charge in [0.15, 0.2) is 11.6 Å². The van der Waals surface area contributed by atoms with Gasteiger partial charge in [0, 0.05) is 5.57 Å². The number of nitrogens with zero attached hydrogens (tertiary/aromatic N) is 1. The van der Waals surface area contributed by atoms with Gasteiger partial charge in [-0.2, -0.15) is 0 Å². The van der Waals surface area contributed by atoms with Gasteiger partial charge >= 0.3 is 6.09 Å². The molecule has 1 aliphatic heterocycles. The number of ether oxygens (including phenoxy) is 1. The van der Waals surface area contributed by atoms with Crippen molar-refractivity contribution in [3.63, 3.8) is 0 Å². The van der Waals surface area contributed by atoms with Gasteiger partial charge in [0.05, 0.1) is 5.69 Å². The first-order valence-corrected chi connectivity index (χ1v) is 10.3. The Labute approximate surface area is 186 Å². The van der Waals surface area contributed by atoms with Crippen LogP contribution in [0.5, 0.6) is 0 Å². The molecule has 2 aromatic carbocycles. The number of amides is 2. The van der Waals surface area contributed by atoms with Crippen LogP contribution >= 0.6 is 0 Å². The number of hydrogen-bond acceptors (Lipinski definition) is 5. The van der Waals surface area contributed by atoms with Crippen LogP contribution in [0.1, 0.15) is 31.9 Å². The van der Waals surface area contributed by atoms with E-state index in [-0.39, 0.29) is 17.8 Å². The highest BCUT2D eigenvalue weighted by Crippen LogP contribution is 2.49. The third-order valence-electron chi connectivity index (χ3n) is 5.47. The molecule has 0 aromatic heterocycles. The summed E-state index contributed by atoms with van der Waals surface area (Å²) in [7, 11) is 0. The van der Waals surface area contributed by atoms with Gasteiger partial charge in [0.1, 0.15) is 11.0 Å². The largest absolute Gasteiger partial charge is 0.443 e. The molecule has 4 rings (SSSR count). The lowest BCUT2D eigenvalue weighted by Crippen LogP contribution is -2.48. The molecule has 2 aromatic rings. The van der Waals surface area contributed by atoms with Crippen molar-refractivity contribution in [1.29, 1.82) is 0 Å². The predicted molar refractivity (Wildman–Crippen MR) is 119 cm³/mol. The van der Waals surface area contributed by atoms with E-state index in [0.717, 1.165) is 10.5 Å². The summed E-state index contributed by atoms with van der Waals surface area (Å²) in [6.07, 6.45) is 2.85. The van der Waals surface area contributed by atoms with Gasteiger partial charge < -0.3 is 4.74 Å². The fourth-order valence-electron chi connectivity index (χ4n) is 4.20. The fourth-order valence-corrected chi connectivity index (χ4v) is 4.20. The summed E-state index contributed by atoms with van der Waals surface area (Å²) in [5, 5.41) is 0. The van der Waals surface area contributed by atoms with E-state index >= 15 is 0 Å². The number of imide groups is 1. The van der Waals surface area contributed by atoms with Crippen LogP contribution in [0.15, 0.2) is 78.4 Å². The Hall–Kier alpha value is -3.80. The van der Waals surface area contributed by atoms with Crippen LogP contribution < -0.4 is 4.90 Å². The predicted octanol–water partition coefficient (Wildman–Crippen LogP) is 4.08. The highest BCUT2D eigenvalue weighted by atomic mass is 16.6. The first-order valence-electron chi connectivity index (χ1n) is 10.3. The minimum Gasteiger partial charge on any atom is -0.443 e. The van der Waals surface area contributed by atoms with Crippen molar-refractivity contribution in [2.45, 2.75) is 38.2 Å². The maximum absolute atomic E-state index is 14.1. The molecule has 1 unspecified atom stereocenters. The SMILES string of the molecule is CC(C)(C)OC(=O)N1C(=O)C(Cc2ccccc2)(C2=CC(=O)C=CC2=O)c2ccccc21. The molecule has 1 atom stereocenters. The molecule has 0 saturated carbocycles. The van der Waals surface area contributed by atoms with Gasteiger partial charge in [-0.3, -0.25) is 14.4 Å². The van der Waals surface area contributed by atoms with Crippen molar-refractivity contribution >= 4 is 29.3 Å². The lowest BCUT2D eigenvalue weighted by Gasteiger charge is -2.31. The van der Waals surface area contributed by atoms with Crippen LogP contribution in [0.25, 0.3) is 0 Å².